The number of aromatic nitrogens is 2. The molecule has 1 unspecified atom stereocenters. The van der Waals surface area contributed by atoms with Gasteiger partial charge in [0.1, 0.15) is 10.6 Å². The number of aryl methyl sites for hydroxylation is 2. The predicted molar refractivity (Wildman–Crippen MR) is 132 cm³/mol. The van der Waals surface area contributed by atoms with Gasteiger partial charge in [-0.25, -0.2) is 4.98 Å². The lowest BCUT2D eigenvalue weighted by molar-refractivity contribution is -0.115. The summed E-state index contributed by atoms with van der Waals surface area (Å²) in [5, 5.41) is 13.3. The monoisotopic (exact) mass is 485 g/mol. The first-order chi connectivity index (χ1) is 15.2. The molecule has 0 radical (unpaired) electrons. The van der Waals surface area contributed by atoms with Gasteiger partial charge in [-0.3, -0.25) is 9.59 Å². The normalized spacial score (nSPS) is 12.1. The molecule has 1 amide bonds. The van der Waals surface area contributed by atoms with E-state index < -0.39 is 5.25 Å². The summed E-state index contributed by atoms with van der Waals surface area (Å²) in [6.07, 6.45) is 0. The Hall–Kier alpha value is -2.81. The van der Waals surface area contributed by atoms with Gasteiger partial charge in [-0.05, 0) is 44.5 Å². The lowest BCUT2D eigenvalue weighted by atomic mass is 10.0. The molecule has 0 fully saturated rings. The number of aromatic amines is 1. The van der Waals surface area contributed by atoms with E-state index in [1.807, 2.05) is 38.1 Å². The largest absolute Gasteiger partial charge is 0.506 e. The molecule has 2 aromatic carbocycles. The van der Waals surface area contributed by atoms with Gasteiger partial charge in [0.05, 0.1) is 16.3 Å². The highest BCUT2D eigenvalue weighted by atomic mass is 35.5. The van der Waals surface area contributed by atoms with Crippen LogP contribution in [0.15, 0.2) is 52.4 Å². The summed E-state index contributed by atoms with van der Waals surface area (Å²) in [5.41, 5.74) is 3.00. The number of carbonyl (C=O) groups excluding carboxylic acids is 1. The molecule has 0 bridgehead atoms. The fraction of sp³-hybridized carbons (Fsp3) is 0.174. The minimum Gasteiger partial charge on any atom is -0.506 e. The summed E-state index contributed by atoms with van der Waals surface area (Å²) < 4.78 is 0. The van der Waals surface area contributed by atoms with Crippen molar-refractivity contribution in [2.75, 3.05) is 5.32 Å². The van der Waals surface area contributed by atoms with E-state index >= 15 is 0 Å². The molecule has 0 saturated carbocycles. The van der Waals surface area contributed by atoms with E-state index in [-0.39, 0.29) is 22.9 Å². The maximum absolute atomic E-state index is 12.9. The quantitative estimate of drug-likeness (QED) is 0.190. The number of fused-ring (bicyclic) bond motifs is 1. The van der Waals surface area contributed by atoms with Crippen molar-refractivity contribution < 1.29 is 9.90 Å². The molecule has 0 spiro atoms. The number of nitrogens with one attached hydrogen (secondary N) is 2. The Labute approximate surface area is 197 Å². The fourth-order valence-electron chi connectivity index (χ4n) is 3.29. The molecule has 1 atom stereocenters. The van der Waals surface area contributed by atoms with Crippen LogP contribution in [-0.4, -0.2) is 26.2 Å². The minimum absolute atomic E-state index is 0.0782. The SMILES string of the molecule is Cc1ccc(-c2c(C)sc3nc(SC(C)C(=O)Nc4cc(Cl)ccc4O)[nH]c(=O)c23)cc1. The average molecular weight is 486 g/mol. The number of anilines is 1. The molecule has 9 heteroatoms. The topological polar surface area (TPSA) is 95.1 Å². The molecule has 164 valence electrons. The van der Waals surface area contributed by atoms with Crippen molar-refractivity contribution in [3.05, 3.63) is 68.3 Å². The Bertz CT molecular complexity index is 1380. The first-order valence-corrected chi connectivity index (χ1v) is 11.9. The van der Waals surface area contributed by atoms with Crippen LogP contribution in [0.3, 0.4) is 0 Å². The lowest BCUT2D eigenvalue weighted by Crippen LogP contribution is -2.23. The molecule has 4 rings (SSSR count). The number of phenols is 1. The van der Waals surface area contributed by atoms with Gasteiger partial charge in [0.25, 0.3) is 5.56 Å². The summed E-state index contributed by atoms with van der Waals surface area (Å²) in [6.45, 7) is 5.69. The Morgan fingerprint density at radius 2 is 1.94 bits per heavy atom. The van der Waals surface area contributed by atoms with E-state index in [9.17, 15) is 14.7 Å². The van der Waals surface area contributed by atoms with E-state index in [0.29, 0.717) is 20.4 Å². The molecule has 4 aromatic rings. The highest BCUT2D eigenvalue weighted by molar-refractivity contribution is 8.00. The van der Waals surface area contributed by atoms with Crippen LogP contribution < -0.4 is 10.9 Å². The smallest absolute Gasteiger partial charge is 0.260 e. The van der Waals surface area contributed by atoms with Gasteiger partial charge < -0.3 is 15.4 Å². The third-order valence-electron chi connectivity index (χ3n) is 4.93. The van der Waals surface area contributed by atoms with Crippen molar-refractivity contribution in [1.29, 1.82) is 0 Å². The molecule has 32 heavy (non-hydrogen) atoms. The molecular weight excluding hydrogens is 466 g/mol. The number of benzene rings is 2. The molecule has 3 N–H and O–H groups in total. The van der Waals surface area contributed by atoms with Gasteiger partial charge >= 0.3 is 0 Å². The van der Waals surface area contributed by atoms with Crippen molar-refractivity contribution in [3.8, 4) is 16.9 Å². The first-order valence-electron chi connectivity index (χ1n) is 9.79. The van der Waals surface area contributed by atoms with Crippen molar-refractivity contribution in [1.82, 2.24) is 9.97 Å². The third kappa shape index (κ3) is 4.53. The number of H-pyrrole nitrogens is 1. The van der Waals surface area contributed by atoms with Crippen LogP contribution >= 0.6 is 34.7 Å². The number of thioether (sulfide) groups is 1. The predicted octanol–water partition coefficient (Wildman–Crippen LogP) is 5.75. The van der Waals surface area contributed by atoms with Crippen LogP contribution in [0, 0.1) is 13.8 Å². The van der Waals surface area contributed by atoms with Gasteiger partial charge in [-0.15, -0.1) is 11.3 Å². The summed E-state index contributed by atoms with van der Waals surface area (Å²) in [4.78, 5) is 34.6. The third-order valence-corrected chi connectivity index (χ3v) is 7.15. The van der Waals surface area contributed by atoms with Crippen LogP contribution in [0.2, 0.25) is 5.02 Å². The van der Waals surface area contributed by atoms with E-state index in [1.54, 1.807) is 6.92 Å². The number of halogens is 1. The molecule has 0 aliphatic rings. The zero-order valence-electron chi connectivity index (χ0n) is 17.5. The summed E-state index contributed by atoms with van der Waals surface area (Å²) in [7, 11) is 0. The van der Waals surface area contributed by atoms with Crippen molar-refractivity contribution >= 4 is 56.5 Å². The number of hydrogen-bond donors (Lipinski definition) is 3. The number of phenolic OH excluding ortho intramolecular Hbond substituents is 1. The molecule has 0 saturated heterocycles. The molecular formula is C23H20ClN3O3S2. The number of hydrogen-bond acceptors (Lipinski definition) is 6. The second kappa shape index (κ2) is 8.97. The minimum atomic E-state index is -0.577. The maximum atomic E-state index is 12.9. The Morgan fingerprint density at radius 1 is 1.22 bits per heavy atom. The number of aromatic hydroxyl groups is 1. The Kier molecular flexibility index (Phi) is 6.28. The van der Waals surface area contributed by atoms with Gasteiger partial charge in [-0.1, -0.05) is 53.2 Å². The highest BCUT2D eigenvalue weighted by Crippen LogP contribution is 2.36. The Morgan fingerprint density at radius 3 is 2.66 bits per heavy atom. The van der Waals surface area contributed by atoms with Crippen LogP contribution in [0.5, 0.6) is 5.75 Å². The summed E-state index contributed by atoms with van der Waals surface area (Å²) in [5.74, 6) is -0.427. The molecule has 2 heterocycles. The van der Waals surface area contributed by atoms with E-state index in [1.165, 1.54) is 29.5 Å². The molecule has 0 aliphatic heterocycles. The number of nitrogens with zero attached hydrogens (tertiary/aromatic N) is 1. The van der Waals surface area contributed by atoms with Crippen molar-refractivity contribution in [2.24, 2.45) is 0 Å². The van der Waals surface area contributed by atoms with Gasteiger partial charge in [0.2, 0.25) is 5.91 Å². The van der Waals surface area contributed by atoms with E-state index in [4.69, 9.17) is 11.6 Å². The maximum Gasteiger partial charge on any atom is 0.260 e. The molecule has 0 aliphatic carbocycles. The second-order valence-corrected chi connectivity index (χ2v) is 10.3. The van der Waals surface area contributed by atoms with Gasteiger partial charge in [-0.2, -0.15) is 0 Å². The number of amides is 1. The van der Waals surface area contributed by atoms with Crippen molar-refractivity contribution in [3.63, 3.8) is 0 Å². The number of rotatable bonds is 5. The number of thiophene rings is 1. The summed E-state index contributed by atoms with van der Waals surface area (Å²) >= 11 is 8.52. The zero-order chi connectivity index (χ0) is 23.0. The zero-order valence-corrected chi connectivity index (χ0v) is 19.9. The molecule has 6 nitrogen and oxygen atoms in total. The van der Waals surface area contributed by atoms with Crippen LogP contribution in [0.4, 0.5) is 5.69 Å². The van der Waals surface area contributed by atoms with Crippen LogP contribution in [0.25, 0.3) is 21.3 Å². The van der Waals surface area contributed by atoms with Gasteiger partial charge in [0, 0.05) is 15.5 Å². The standard InChI is InChI=1S/C23H20ClN3O3S2/c1-11-4-6-14(7-5-11)18-12(2)31-22-19(18)21(30)26-23(27-22)32-13(3)20(29)25-16-10-15(24)8-9-17(16)28/h4-10,13,28H,1-3H3,(H,25,29)(H,26,27,30). The number of carbonyl (C=O) groups is 1. The second-order valence-electron chi connectivity index (χ2n) is 7.36. The van der Waals surface area contributed by atoms with Crippen LogP contribution in [-0.2, 0) is 4.79 Å². The van der Waals surface area contributed by atoms with Crippen molar-refractivity contribution in [2.45, 2.75) is 31.2 Å². The average Bonchev–Trinajstić information content (AvgIpc) is 3.07. The van der Waals surface area contributed by atoms with Gasteiger partial charge in [0.15, 0.2) is 5.16 Å². The lowest BCUT2D eigenvalue weighted by Gasteiger charge is -2.12. The Balaban J connectivity index is 1.60. The summed E-state index contributed by atoms with van der Waals surface area (Å²) in [6, 6.07) is 12.5. The van der Waals surface area contributed by atoms with E-state index in [2.05, 4.69) is 15.3 Å². The fourth-order valence-corrected chi connectivity index (χ4v) is 5.36. The first kappa shape index (κ1) is 22.4. The van der Waals surface area contributed by atoms with Crippen LogP contribution in [0.1, 0.15) is 17.4 Å². The molecule has 2 aromatic heterocycles. The van der Waals surface area contributed by atoms with E-state index in [0.717, 1.165) is 33.3 Å². The highest BCUT2D eigenvalue weighted by Gasteiger charge is 2.21.